The van der Waals surface area contributed by atoms with E-state index in [0.717, 1.165) is 35.0 Å². The Hall–Kier alpha value is -3.92. The average Bonchev–Trinajstić information content (AvgIpc) is 3.54. The van der Waals surface area contributed by atoms with Crippen LogP contribution in [0.15, 0.2) is 61.1 Å². The number of amides is 1. The average molecular weight is 410 g/mol. The van der Waals surface area contributed by atoms with Gasteiger partial charge in [-0.25, -0.2) is 0 Å². The zero-order valence-electron chi connectivity index (χ0n) is 17.2. The number of fused-ring (bicyclic) bond motifs is 1. The van der Waals surface area contributed by atoms with Gasteiger partial charge in [0.2, 0.25) is 0 Å². The Morgan fingerprint density at radius 1 is 1.23 bits per heavy atom. The van der Waals surface area contributed by atoms with E-state index in [4.69, 9.17) is 5.26 Å². The smallest absolute Gasteiger partial charge is 0.254 e. The second kappa shape index (κ2) is 7.73. The molecule has 0 saturated carbocycles. The van der Waals surface area contributed by atoms with Crippen LogP contribution in [0.25, 0.3) is 22.0 Å². The van der Waals surface area contributed by atoms with Crippen molar-refractivity contribution >= 4 is 16.8 Å². The zero-order valence-corrected chi connectivity index (χ0v) is 17.2. The number of aromatic amines is 1. The fraction of sp³-hybridized carbons (Fsp3) is 0.250. The van der Waals surface area contributed by atoms with Gasteiger partial charge in [0.1, 0.15) is 0 Å². The maximum absolute atomic E-state index is 13.0. The molecule has 0 bridgehead atoms. The van der Waals surface area contributed by atoms with Crippen LogP contribution in [0.3, 0.4) is 0 Å². The molecule has 7 nitrogen and oxygen atoms in total. The minimum Gasteiger partial charge on any atom is -0.336 e. The van der Waals surface area contributed by atoms with E-state index in [0.29, 0.717) is 23.6 Å². The third-order valence-corrected chi connectivity index (χ3v) is 6.07. The molecular formula is C24H22N6O. The van der Waals surface area contributed by atoms with Crippen LogP contribution in [0.5, 0.6) is 0 Å². The maximum Gasteiger partial charge on any atom is 0.254 e. The highest BCUT2D eigenvalue weighted by atomic mass is 16.2. The first kappa shape index (κ1) is 19.1. The van der Waals surface area contributed by atoms with E-state index in [-0.39, 0.29) is 11.9 Å². The molecule has 2 atom stereocenters. The molecule has 31 heavy (non-hydrogen) atoms. The van der Waals surface area contributed by atoms with Gasteiger partial charge in [-0.1, -0.05) is 12.1 Å². The molecule has 0 radical (unpaired) electrons. The molecule has 1 unspecified atom stereocenters. The number of aromatic nitrogens is 4. The second-order valence-corrected chi connectivity index (χ2v) is 8.19. The lowest BCUT2D eigenvalue weighted by Gasteiger charge is -2.21. The van der Waals surface area contributed by atoms with Gasteiger partial charge in [-0.05, 0) is 55.2 Å². The number of nitrogens with one attached hydrogen (secondary N) is 1. The van der Waals surface area contributed by atoms with Crippen LogP contribution in [0.1, 0.15) is 29.3 Å². The van der Waals surface area contributed by atoms with Crippen LogP contribution in [0.2, 0.25) is 0 Å². The van der Waals surface area contributed by atoms with Gasteiger partial charge in [0.15, 0.2) is 0 Å². The van der Waals surface area contributed by atoms with E-state index in [1.165, 1.54) is 0 Å². The van der Waals surface area contributed by atoms with Crippen molar-refractivity contribution in [3.63, 3.8) is 0 Å². The third-order valence-electron chi connectivity index (χ3n) is 6.07. The van der Waals surface area contributed by atoms with Crippen molar-refractivity contribution in [2.45, 2.75) is 25.9 Å². The van der Waals surface area contributed by atoms with Crippen LogP contribution in [0, 0.1) is 17.2 Å². The Bertz CT molecular complexity index is 1280. The number of likely N-dealkylation sites (tertiary alicyclic amines) is 1. The summed E-state index contributed by atoms with van der Waals surface area (Å²) in [4.78, 5) is 14.9. The van der Waals surface area contributed by atoms with Crippen molar-refractivity contribution in [1.29, 1.82) is 5.26 Å². The van der Waals surface area contributed by atoms with Crippen LogP contribution < -0.4 is 0 Å². The molecule has 0 spiro atoms. The predicted molar refractivity (Wildman–Crippen MR) is 117 cm³/mol. The summed E-state index contributed by atoms with van der Waals surface area (Å²) in [6.45, 7) is 3.54. The Balaban J connectivity index is 1.32. The molecule has 2 aromatic heterocycles. The van der Waals surface area contributed by atoms with Gasteiger partial charge >= 0.3 is 0 Å². The number of H-pyrrole nitrogens is 1. The largest absolute Gasteiger partial charge is 0.336 e. The summed E-state index contributed by atoms with van der Waals surface area (Å²) in [5.41, 5.74) is 4.32. The topological polar surface area (TPSA) is 90.6 Å². The molecule has 1 N–H and O–H groups in total. The first-order valence-electron chi connectivity index (χ1n) is 10.4. The van der Waals surface area contributed by atoms with E-state index in [9.17, 15) is 4.79 Å². The minimum absolute atomic E-state index is 0.0119. The highest BCUT2D eigenvalue weighted by molar-refractivity contribution is 5.95. The lowest BCUT2D eigenvalue weighted by Crippen LogP contribution is -2.34. The Labute approximate surface area is 179 Å². The molecule has 1 aliphatic rings. The molecule has 154 valence electrons. The van der Waals surface area contributed by atoms with Gasteiger partial charge in [0.25, 0.3) is 5.91 Å². The third kappa shape index (κ3) is 3.57. The second-order valence-electron chi connectivity index (χ2n) is 8.19. The van der Waals surface area contributed by atoms with Gasteiger partial charge in [0, 0.05) is 41.8 Å². The SMILES string of the molecule is C[C@@H]1CC(Cn2ncc3cc(-c4cn[nH]c4)ccc32)CN1C(=O)c1cccc(C#N)c1. The molecule has 1 fully saturated rings. The molecule has 1 amide bonds. The first-order chi connectivity index (χ1) is 15.1. The first-order valence-corrected chi connectivity index (χ1v) is 10.4. The molecule has 7 heteroatoms. The summed E-state index contributed by atoms with van der Waals surface area (Å²) >= 11 is 0. The quantitative estimate of drug-likeness (QED) is 0.553. The Morgan fingerprint density at radius 2 is 2.13 bits per heavy atom. The predicted octanol–water partition coefficient (Wildman–Crippen LogP) is 3.85. The number of hydrogen-bond acceptors (Lipinski definition) is 4. The van der Waals surface area contributed by atoms with Gasteiger partial charge < -0.3 is 4.90 Å². The van der Waals surface area contributed by atoms with Gasteiger partial charge in [0.05, 0.1) is 29.5 Å². The number of carbonyl (C=O) groups excluding carboxylic acids is 1. The summed E-state index contributed by atoms with van der Waals surface area (Å²) in [6, 6.07) is 15.5. The molecule has 1 saturated heterocycles. The minimum atomic E-state index is -0.0119. The normalized spacial score (nSPS) is 18.4. The number of carbonyl (C=O) groups is 1. The monoisotopic (exact) mass is 410 g/mol. The highest BCUT2D eigenvalue weighted by Crippen LogP contribution is 2.29. The van der Waals surface area contributed by atoms with Crippen LogP contribution in [0.4, 0.5) is 0 Å². The number of hydrogen-bond donors (Lipinski definition) is 1. The Kier molecular flexibility index (Phi) is 4.75. The van der Waals surface area contributed by atoms with Crippen molar-refractivity contribution < 1.29 is 4.79 Å². The number of benzene rings is 2. The maximum atomic E-state index is 13.0. The number of nitriles is 1. The molecule has 1 aliphatic heterocycles. The fourth-order valence-corrected chi connectivity index (χ4v) is 4.51. The lowest BCUT2D eigenvalue weighted by atomic mass is 10.1. The molecule has 0 aliphatic carbocycles. The van der Waals surface area contributed by atoms with E-state index in [1.54, 1.807) is 24.3 Å². The molecule has 4 aromatic rings. The summed E-state index contributed by atoms with van der Waals surface area (Å²) in [6.07, 6.45) is 6.51. The van der Waals surface area contributed by atoms with Gasteiger partial charge in [-0.3, -0.25) is 14.6 Å². The summed E-state index contributed by atoms with van der Waals surface area (Å²) in [5.74, 6) is 0.317. The van der Waals surface area contributed by atoms with E-state index < -0.39 is 0 Å². The van der Waals surface area contributed by atoms with Crippen molar-refractivity contribution in [3.05, 3.63) is 72.2 Å². The van der Waals surface area contributed by atoms with Crippen LogP contribution >= 0.6 is 0 Å². The van der Waals surface area contributed by atoms with Crippen LogP contribution in [-0.2, 0) is 6.54 Å². The van der Waals surface area contributed by atoms with Crippen LogP contribution in [-0.4, -0.2) is 43.4 Å². The zero-order chi connectivity index (χ0) is 21.4. The Morgan fingerprint density at radius 3 is 2.94 bits per heavy atom. The lowest BCUT2D eigenvalue weighted by molar-refractivity contribution is 0.0742. The van der Waals surface area contributed by atoms with Gasteiger partial charge in [-0.15, -0.1) is 0 Å². The number of nitrogens with zero attached hydrogens (tertiary/aromatic N) is 5. The molecule has 3 heterocycles. The van der Waals surface area contributed by atoms with E-state index >= 15 is 0 Å². The van der Waals surface area contributed by atoms with E-state index in [1.807, 2.05) is 28.2 Å². The summed E-state index contributed by atoms with van der Waals surface area (Å²) in [5, 5.41) is 21.7. The van der Waals surface area contributed by atoms with E-state index in [2.05, 4.69) is 46.5 Å². The molecule has 5 rings (SSSR count). The van der Waals surface area contributed by atoms with Crippen molar-refractivity contribution in [2.75, 3.05) is 6.54 Å². The van der Waals surface area contributed by atoms with Crippen molar-refractivity contribution in [3.8, 4) is 17.2 Å². The standard InChI is InChI=1S/C24H22N6O/c1-16-7-18(14-29(16)24(31)20-4-2-3-17(8-20)10-25)15-30-23-6-5-19(9-21(23)13-28-30)22-11-26-27-12-22/h2-6,8-9,11-13,16,18H,7,14-15H2,1H3,(H,26,27)/t16-,18?/m1/s1. The van der Waals surface area contributed by atoms with Crippen molar-refractivity contribution in [1.82, 2.24) is 24.9 Å². The summed E-state index contributed by atoms with van der Waals surface area (Å²) in [7, 11) is 0. The molecular weight excluding hydrogens is 388 g/mol. The van der Waals surface area contributed by atoms with Crippen molar-refractivity contribution in [2.24, 2.45) is 5.92 Å². The molecule has 2 aromatic carbocycles. The number of rotatable bonds is 4. The highest BCUT2D eigenvalue weighted by Gasteiger charge is 2.33. The van der Waals surface area contributed by atoms with Gasteiger partial charge in [-0.2, -0.15) is 15.5 Å². The fourth-order valence-electron chi connectivity index (χ4n) is 4.51. The summed E-state index contributed by atoms with van der Waals surface area (Å²) < 4.78 is 2.04.